The summed E-state index contributed by atoms with van der Waals surface area (Å²) in [6.45, 7) is 3.39. The van der Waals surface area contributed by atoms with Gasteiger partial charge in [0.15, 0.2) is 5.82 Å². The second-order valence-electron chi connectivity index (χ2n) is 6.64. The van der Waals surface area contributed by atoms with Gasteiger partial charge in [0, 0.05) is 44.6 Å². The largest absolute Gasteiger partial charge is 0.366 e. The molecule has 3 heterocycles. The molecule has 0 aromatic carbocycles. The number of rotatable bonds is 4. The molecule has 0 unspecified atom stereocenters. The van der Waals surface area contributed by atoms with Crippen molar-refractivity contribution < 1.29 is 0 Å². The van der Waals surface area contributed by atoms with Crippen LogP contribution in [0.15, 0.2) is 24.7 Å². The van der Waals surface area contributed by atoms with E-state index in [1.54, 1.807) is 18.6 Å². The molecule has 25 heavy (non-hydrogen) atoms. The monoisotopic (exact) mass is 340 g/mol. The second kappa shape index (κ2) is 7.58. The molecule has 8 nitrogen and oxygen atoms in total. The molecule has 1 N–H and O–H groups in total. The van der Waals surface area contributed by atoms with Gasteiger partial charge in [0.05, 0.1) is 6.20 Å². The fraction of sp³-hybridized carbons (Fsp3) is 0.588. The number of anilines is 3. The maximum absolute atomic E-state index is 4.68. The summed E-state index contributed by atoms with van der Waals surface area (Å²) in [5, 5.41) is 11.9. The molecule has 0 spiro atoms. The highest BCUT2D eigenvalue weighted by Gasteiger charge is 2.21. The molecule has 0 radical (unpaired) electrons. The predicted molar refractivity (Wildman–Crippen MR) is 96.8 cm³/mol. The molecule has 2 aliphatic rings. The Bertz CT molecular complexity index is 665. The van der Waals surface area contributed by atoms with E-state index in [4.69, 9.17) is 0 Å². The number of piperazine rings is 1. The van der Waals surface area contributed by atoms with Gasteiger partial charge in [-0.05, 0) is 18.9 Å². The number of aromatic nitrogens is 5. The topological polar surface area (TPSA) is 83.0 Å². The Morgan fingerprint density at radius 1 is 0.880 bits per heavy atom. The van der Waals surface area contributed by atoms with Crippen molar-refractivity contribution in [3.05, 3.63) is 24.7 Å². The van der Waals surface area contributed by atoms with Crippen LogP contribution in [0.1, 0.15) is 32.1 Å². The Kier molecular flexibility index (Phi) is 4.85. The standard InChI is InChI=1S/C17H24N8/c1-2-5-14(6-3-1)21-15-13-20-23-17(22-15)25-11-9-24(10-12-25)16-18-7-4-8-19-16/h4,7-8,13-14H,1-3,5-6,9-12H2,(H,21,22,23). The lowest BCUT2D eigenvalue weighted by molar-refractivity contribution is 0.461. The molecular weight excluding hydrogens is 316 g/mol. The van der Waals surface area contributed by atoms with E-state index in [1.807, 2.05) is 6.07 Å². The van der Waals surface area contributed by atoms with Crippen LogP contribution in [0.2, 0.25) is 0 Å². The number of nitrogens with one attached hydrogen (secondary N) is 1. The van der Waals surface area contributed by atoms with E-state index in [2.05, 4.69) is 40.3 Å². The predicted octanol–water partition coefficient (Wildman–Crippen LogP) is 1.73. The first-order valence-electron chi connectivity index (χ1n) is 9.12. The van der Waals surface area contributed by atoms with Gasteiger partial charge < -0.3 is 15.1 Å². The second-order valence-corrected chi connectivity index (χ2v) is 6.64. The third-order valence-corrected chi connectivity index (χ3v) is 4.90. The van der Waals surface area contributed by atoms with Crippen molar-refractivity contribution in [2.24, 2.45) is 0 Å². The SMILES string of the molecule is c1cnc(N2CCN(c3nncc(NC4CCCCC4)n3)CC2)nc1. The Balaban J connectivity index is 1.37. The highest BCUT2D eigenvalue weighted by molar-refractivity contribution is 5.42. The third-order valence-electron chi connectivity index (χ3n) is 4.90. The molecule has 132 valence electrons. The molecule has 8 heteroatoms. The minimum Gasteiger partial charge on any atom is -0.366 e. The molecule has 2 aromatic rings. The van der Waals surface area contributed by atoms with Gasteiger partial charge in [0.2, 0.25) is 11.9 Å². The summed E-state index contributed by atoms with van der Waals surface area (Å²) in [7, 11) is 0. The summed E-state index contributed by atoms with van der Waals surface area (Å²) in [4.78, 5) is 17.7. The van der Waals surface area contributed by atoms with Crippen molar-refractivity contribution in [3.8, 4) is 0 Å². The van der Waals surface area contributed by atoms with Crippen LogP contribution in [-0.2, 0) is 0 Å². The fourth-order valence-corrected chi connectivity index (χ4v) is 3.51. The lowest BCUT2D eigenvalue weighted by atomic mass is 9.96. The number of hydrogen-bond acceptors (Lipinski definition) is 8. The van der Waals surface area contributed by atoms with Crippen molar-refractivity contribution in [1.29, 1.82) is 0 Å². The van der Waals surface area contributed by atoms with Gasteiger partial charge in [0.25, 0.3) is 0 Å². The van der Waals surface area contributed by atoms with E-state index >= 15 is 0 Å². The lowest BCUT2D eigenvalue weighted by Gasteiger charge is -2.34. The molecular formula is C17H24N8. The highest BCUT2D eigenvalue weighted by Crippen LogP contribution is 2.21. The fourth-order valence-electron chi connectivity index (χ4n) is 3.51. The van der Waals surface area contributed by atoms with Crippen LogP contribution >= 0.6 is 0 Å². The van der Waals surface area contributed by atoms with Crippen LogP contribution in [0, 0.1) is 0 Å². The highest BCUT2D eigenvalue weighted by atomic mass is 15.4. The molecule has 0 bridgehead atoms. The Hall–Kier alpha value is -2.51. The van der Waals surface area contributed by atoms with Gasteiger partial charge in [-0.25, -0.2) is 9.97 Å². The van der Waals surface area contributed by atoms with E-state index in [9.17, 15) is 0 Å². The van der Waals surface area contributed by atoms with Crippen molar-refractivity contribution >= 4 is 17.7 Å². The molecule has 1 saturated carbocycles. The quantitative estimate of drug-likeness (QED) is 0.901. The van der Waals surface area contributed by atoms with Crippen LogP contribution in [-0.4, -0.2) is 57.4 Å². The van der Waals surface area contributed by atoms with E-state index in [0.29, 0.717) is 12.0 Å². The van der Waals surface area contributed by atoms with Crippen molar-refractivity contribution in [2.75, 3.05) is 41.3 Å². The van der Waals surface area contributed by atoms with Crippen LogP contribution < -0.4 is 15.1 Å². The van der Waals surface area contributed by atoms with Crippen LogP contribution in [0.3, 0.4) is 0 Å². The van der Waals surface area contributed by atoms with Crippen LogP contribution in [0.4, 0.5) is 17.7 Å². The molecule has 1 aliphatic heterocycles. The Labute approximate surface area is 147 Å². The molecule has 4 rings (SSSR count). The summed E-state index contributed by atoms with van der Waals surface area (Å²) in [5.74, 6) is 2.33. The van der Waals surface area contributed by atoms with E-state index in [1.165, 1.54) is 32.1 Å². The van der Waals surface area contributed by atoms with Gasteiger partial charge in [-0.1, -0.05) is 19.3 Å². The minimum absolute atomic E-state index is 0.519. The zero-order chi connectivity index (χ0) is 16.9. The summed E-state index contributed by atoms with van der Waals surface area (Å²) in [6, 6.07) is 2.36. The lowest BCUT2D eigenvalue weighted by Crippen LogP contribution is -2.47. The Morgan fingerprint density at radius 2 is 1.56 bits per heavy atom. The average Bonchev–Trinajstić information content (AvgIpc) is 2.70. The molecule has 2 fully saturated rings. The van der Waals surface area contributed by atoms with E-state index < -0.39 is 0 Å². The molecule has 0 amide bonds. The summed E-state index contributed by atoms with van der Waals surface area (Å²) in [5.41, 5.74) is 0. The molecule has 2 aromatic heterocycles. The van der Waals surface area contributed by atoms with Crippen molar-refractivity contribution in [2.45, 2.75) is 38.1 Å². The van der Waals surface area contributed by atoms with Crippen molar-refractivity contribution in [1.82, 2.24) is 25.1 Å². The first-order chi connectivity index (χ1) is 12.4. The van der Waals surface area contributed by atoms with Crippen molar-refractivity contribution in [3.63, 3.8) is 0 Å². The third kappa shape index (κ3) is 3.94. The zero-order valence-electron chi connectivity index (χ0n) is 14.4. The Morgan fingerprint density at radius 3 is 2.28 bits per heavy atom. The van der Waals surface area contributed by atoms with Gasteiger partial charge in [-0.2, -0.15) is 10.1 Å². The first kappa shape index (κ1) is 16.0. The molecule has 0 atom stereocenters. The van der Waals surface area contributed by atoms with E-state index in [-0.39, 0.29) is 0 Å². The van der Waals surface area contributed by atoms with Gasteiger partial charge >= 0.3 is 0 Å². The molecule has 1 saturated heterocycles. The smallest absolute Gasteiger partial charge is 0.247 e. The average molecular weight is 340 g/mol. The maximum atomic E-state index is 4.68. The van der Waals surface area contributed by atoms with Crippen LogP contribution in [0.5, 0.6) is 0 Å². The summed E-state index contributed by atoms with van der Waals surface area (Å²) < 4.78 is 0. The van der Waals surface area contributed by atoms with Crippen LogP contribution in [0.25, 0.3) is 0 Å². The molecule has 1 aliphatic carbocycles. The summed E-state index contributed by atoms with van der Waals surface area (Å²) in [6.07, 6.45) is 11.7. The minimum atomic E-state index is 0.519. The van der Waals surface area contributed by atoms with E-state index in [0.717, 1.165) is 37.9 Å². The summed E-state index contributed by atoms with van der Waals surface area (Å²) >= 11 is 0. The van der Waals surface area contributed by atoms with Gasteiger partial charge in [-0.15, -0.1) is 5.10 Å². The zero-order valence-corrected chi connectivity index (χ0v) is 14.4. The van der Waals surface area contributed by atoms with Gasteiger partial charge in [0.1, 0.15) is 0 Å². The maximum Gasteiger partial charge on any atom is 0.247 e. The number of nitrogens with zero attached hydrogens (tertiary/aromatic N) is 7. The number of hydrogen-bond donors (Lipinski definition) is 1. The first-order valence-corrected chi connectivity index (χ1v) is 9.12. The normalized spacial score (nSPS) is 19.0. The van der Waals surface area contributed by atoms with Gasteiger partial charge in [-0.3, -0.25) is 0 Å².